The smallest absolute Gasteiger partial charge is 0.162 e. The molecule has 6 rings (SSSR count). The molecule has 1 atom stereocenters. The minimum Gasteiger partial charge on any atom is -0.368 e. The Bertz CT molecular complexity index is 1090. The lowest BCUT2D eigenvalue weighted by molar-refractivity contribution is 0.586. The minimum absolute atomic E-state index is 0.133. The first-order valence-electron chi connectivity index (χ1n) is 10.3. The van der Waals surface area contributed by atoms with Gasteiger partial charge in [0.1, 0.15) is 11.6 Å². The maximum Gasteiger partial charge on any atom is 0.162 e. The minimum atomic E-state index is -0.133. The lowest BCUT2D eigenvalue weighted by atomic mass is 10.0. The molecule has 2 fully saturated rings. The number of pyridine rings is 2. The van der Waals surface area contributed by atoms with Gasteiger partial charge in [-0.15, -0.1) is 11.6 Å². The van der Waals surface area contributed by atoms with Crippen LogP contribution in [0.2, 0.25) is 0 Å². The molecule has 5 heterocycles. The van der Waals surface area contributed by atoms with Crippen LogP contribution < -0.4 is 15.5 Å². The number of nitrogens with zero attached hydrogens (tertiary/aromatic N) is 5. The average molecular weight is 408 g/mol. The number of anilines is 2. The van der Waals surface area contributed by atoms with Crippen molar-refractivity contribution < 1.29 is 0 Å². The maximum absolute atomic E-state index is 6.59. The highest BCUT2D eigenvalue weighted by atomic mass is 35.5. The van der Waals surface area contributed by atoms with Crippen molar-refractivity contribution in [2.24, 2.45) is 0 Å². The van der Waals surface area contributed by atoms with Crippen LogP contribution in [0.15, 0.2) is 24.7 Å². The second-order valence-electron chi connectivity index (χ2n) is 7.97. The Morgan fingerprint density at radius 1 is 1.10 bits per heavy atom. The SMILES string of the molecule is ClC1CNc2nccc(-c3nc(N4CCNCC4)c4c(C5CC5)cncc4n3)c21. The van der Waals surface area contributed by atoms with Gasteiger partial charge in [-0.2, -0.15) is 0 Å². The Hall–Kier alpha value is -2.51. The monoisotopic (exact) mass is 407 g/mol. The highest BCUT2D eigenvalue weighted by Gasteiger charge is 2.31. The van der Waals surface area contributed by atoms with Gasteiger partial charge in [-0.05, 0) is 30.4 Å². The molecule has 0 amide bonds. The maximum atomic E-state index is 6.59. The van der Waals surface area contributed by atoms with Gasteiger partial charge in [0.15, 0.2) is 5.82 Å². The van der Waals surface area contributed by atoms with Crippen molar-refractivity contribution >= 4 is 34.1 Å². The van der Waals surface area contributed by atoms with Crippen LogP contribution in [0.3, 0.4) is 0 Å². The predicted octanol–water partition coefficient (Wildman–Crippen LogP) is 3.08. The first-order chi connectivity index (χ1) is 14.3. The zero-order chi connectivity index (χ0) is 19.4. The number of rotatable bonds is 3. The summed E-state index contributed by atoms with van der Waals surface area (Å²) in [6, 6.07) is 1.97. The van der Waals surface area contributed by atoms with Crippen molar-refractivity contribution in [3.05, 3.63) is 35.8 Å². The van der Waals surface area contributed by atoms with E-state index in [2.05, 4.69) is 25.5 Å². The molecule has 1 aliphatic carbocycles. The molecule has 0 bridgehead atoms. The van der Waals surface area contributed by atoms with Crippen LogP contribution in [0.5, 0.6) is 0 Å². The van der Waals surface area contributed by atoms with Crippen molar-refractivity contribution in [2.75, 3.05) is 42.9 Å². The van der Waals surface area contributed by atoms with Crippen LogP contribution in [0.25, 0.3) is 22.3 Å². The van der Waals surface area contributed by atoms with E-state index in [1.807, 2.05) is 18.5 Å². The quantitative estimate of drug-likeness (QED) is 0.646. The molecule has 8 heteroatoms. The fourth-order valence-corrected chi connectivity index (χ4v) is 4.73. The zero-order valence-corrected chi connectivity index (χ0v) is 16.8. The molecule has 0 aromatic carbocycles. The van der Waals surface area contributed by atoms with E-state index in [0.29, 0.717) is 18.3 Å². The van der Waals surface area contributed by atoms with E-state index >= 15 is 0 Å². The molecule has 0 radical (unpaired) electrons. The van der Waals surface area contributed by atoms with E-state index in [-0.39, 0.29) is 5.38 Å². The Morgan fingerprint density at radius 2 is 1.97 bits per heavy atom. The number of hydrogen-bond acceptors (Lipinski definition) is 7. The third-order valence-electron chi connectivity index (χ3n) is 6.04. The molecule has 7 nitrogen and oxygen atoms in total. The summed E-state index contributed by atoms with van der Waals surface area (Å²) < 4.78 is 0. The molecule has 3 aliphatic rings. The summed E-state index contributed by atoms with van der Waals surface area (Å²) in [5, 5.41) is 7.75. The molecule has 29 heavy (non-hydrogen) atoms. The molecule has 1 saturated carbocycles. The van der Waals surface area contributed by atoms with Crippen LogP contribution in [0.1, 0.15) is 35.3 Å². The molecule has 0 spiro atoms. The molecular weight excluding hydrogens is 386 g/mol. The van der Waals surface area contributed by atoms with E-state index in [0.717, 1.165) is 54.5 Å². The summed E-state index contributed by atoms with van der Waals surface area (Å²) >= 11 is 6.59. The van der Waals surface area contributed by atoms with E-state index in [1.165, 1.54) is 23.8 Å². The normalized spacial score (nSPS) is 21.3. The third-order valence-corrected chi connectivity index (χ3v) is 6.42. The number of aromatic nitrogens is 4. The lowest BCUT2D eigenvalue weighted by Crippen LogP contribution is -2.44. The molecule has 1 unspecified atom stereocenters. The molecule has 2 N–H and O–H groups in total. The zero-order valence-electron chi connectivity index (χ0n) is 16.0. The van der Waals surface area contributed by atoms with Crippen molar-refractivity contribution in [2.45, 2.75) is 24.1 Å². The highest BCUT2D eigenvalue weighted by molar-refractivity contribution is 6.22. The highest BCUT2D eigenvalue weighted by Crippen LogP contribution is 2.45. The standard InChI is InChI=1S/C21H22ClN7/c22-15-10-26-20-17(15)13(3-4-25-20)19-27-16-11-24-9-14(12-1-2-12)18(16)21(28-19)29-7-5-23-6-8-29/h3-4,9,11-12,15,23H,1-2,5-8,10H2,(H,25,26). The summed E-state index contributed by atoms with van der Waals surface area (Å²) in [6.45, 7) is 4.47. The lowest BCUT2D eigenvalue weighted by Gasteiger charge is -2.30. The topological polar surface area (TPSA) is 78.9 Å². The second-order valence-corrected chi connectivity index (χ2v) is 8.50. The first kappa shape index (κ1) is 17.4. The van der Waals surface area contributed by atoms with Gasteiger partial charge >= 0.3 is 0 Å². The largest absolute Gasteiger partial charge is 0.368 e. The fourth-order valence-electron chi connectivity index (χ4n) is 4.43. The number of nitrogens with one attached hydrogen (secondary N) is 2. The summed E-state index contributed by atoms with van der Waals surface area (Å²) in [7, 11) is 0. The summed E-state index contributed by atoms with van der Waals surface area (Å²) in [4.78, 5) is 21.4. The van der Waals surface area contributed by atoms with Gasteiger partial charge in [-0.3, -0.25) is 4.98 Å². The number of fused-ring (bicyclic) bond motifs is 2. The molecular formula is C21H22ClN7. The van der Waals surface area contributed by atoms with Gasteiger partial charge < -0.3 is 15.5 Å². The van der Waals surface area contributed by atoms with Gasteiger partial charge in [0.05, 0.1) is 17.1 Å². The van der Waals surface area contributed by atoms with Gasteiger partial charge in [0.2, 0.25) is 0 Å². The van der Waals surface area contributed by atoms with Crippen LogP contribution in [0, 0.1) is 0 Å². The fraction of sp³-hybridized carbons (Fsp3) is 0.429. The van der Waals surface area contributed by atoms with Crippen LogP contribution in [0.4, 0.5) is 11.6 Å². The van der Waals surface area contributed by atoms with E-state index in [1.54, 1.807) is 6.20 Å². The molecule has 1 saturated heterocycles. The number of halogens is 1. The van der Waals surface area contributed by atoms with Gasteiger partial charge in [0.25, 0.3) is 0 Å². The third kappa shape index (κ3) is 2.91. The van der Waals surface area contributed by atoms with Gasteiger partial charge in [-0.1, -0.05) is 0 Å². The predicted molar refractivity (Wildman–Crippen MR) is 115 cm³/mol. The van der Waals surface area contributed by atoms with Crippen LogP contribution >= 0.6 is 11.6 Å². The van der Waals surface area contributed by atoms with Crippen molar-refractivity contribution in [3.63, 3.8) is 0 Å². The van der Waals surface area contributed by atoms with Gasteiger partial charge in [0, 0.05) is 61.6 Å². The molecule has 3 aromatic heterocycles. The van der Waals surface area contributed by atoms with Crippen LogP contribution in [-0.4, -0.2) is 52.7 Å². The van der Waals surface area contributed by atoms with E-state index in [9.17, 15) is 0 Å². The second kappa shape index (κ2) is 6.78. The summed E-state index contributed by atoms with van der Waals surface area (Å²) in [5.74, 6) is 3.15. The first-order valence-corrected chi connectivity index (χ1v) is 10.7. The number of piperazine rings is 1. The molecule has 2 aliphatic heterocycles. The summed E-state index contributed by atoms with van der Waals surface area (Å²) in [5.41, 5.74) is 4.15. The van der Waals surface area contributed by atoms with Crippen LogP contribution in [-0.2, 0) is 0 Å². The van der Waals surface area contributed by atoms with Crippen molar-refractivity contribution in [1.29, 1.82) is 0 Å². The van der Waals surface area contributed by atoms with Crippen molar-refractivity contribution in [1.82, 2.24) is 25.3 Å². The molecule has 148 valence electrons. The van der Waals surface area contributed by atoms with Gasteiger partial charge in [-0.25, -0.2) is 15.0 Å². The number of alkyl halides is 1. The number of hydrogen-bond donors (Lipinski definition) is 2. The van der Waals surface area contributed by atoms with Crippen molar-refractivity contribution in [3.8, 4) is 11.4 Å². The Balaban J connectivity index is 1.59. The molecule has 3 aromatic rings. The summed E-state index contributed by atoms with van der Waals surface area (Å²) in [6.07, 6.45) is 8.13. The van der Waals surface area contributed by atoms with E-state index < -0.39 is 0 Å². The Morgan fingerprint density at radius 3 is 2.79 bits per heavy atom. The van der Waals surface area contributed by atoms with E-state index in [4.69, 9.17) is 21.6 Å². The Labute approximate surface area is 173 Å². The Kier molecular flexibility index (Phi) is 4.06. The average Bonchev–Trinajstić information content (AvgIpc) is 3.55.